The Bertz CT molecular complexity index is 873. The molecule has 3 rings (SSSR count). The maximum Gasteiger partial charge on any atom is 0.264 e. The number of amides is 1. The Balaban J connectivity index is 1.82. The van der Waals surface area contributed by atoms with Crippen LogP contribution in [0.4, 0.5) is 5.69 Å². The lowest BCUT2D eigenvalue weighted by atomic mass is 10.0. The van der Waals surface area contributed by atoms with Crippen molar-refractivity contribution in [2.45, 2.75) is 19.8 Å². The lowest BCUT2D eigenvalue weighted by Gasteiger charge is -2.04. The number of nitrogens with one attached hydrogen (secondary N) is 1. The molecule has 0 spiro atoms. The summed E-state index contributed by atoms with van der Waals surface area (Å²) in [6.07, 6.45) is 1.85. The number of carbonyl (C=O) groups excluding carboxylic acids is 1. The minimum absolute atomic E-state index is 0.171. The fourth-order valence-electron chi connectivity index (χ4n) is 2.30. The van der Waals surface area contributed by atoms with Crippen molar-refractivity contribution in [2.75, 3.05) is 0 Å². The molecule has 2 aromatic carbocycles. The van der Waals surface area contributed by atoms with Crippen LogP contribution in [0.5, 0.6) is 0 Å². The Hall–Kier alpha value is -1.75. The molecule has 0 unspecified atom stereocenters. The topological polar surface area (TPSA) is 41.5 Å². The van der Waals surface area contributed by atoms with Crippen molar-refractivity contribution in [2.24, 2.45) is 4.99 Å². The van der Waals surface area contributed by atoms with E-state index in [4.69, 9.17) is 23.2 Å². The monoisotopic (exact) mass is 390 g/mol. The molecule has 1 amide bonds. The van der Waals surface area contributed by atoms with Crippen LogP contribution in [0.25, 0.3) is 6.08 Å². The average molecular weight is 391 g/mol. The molecule has 0 saturated carbocycles. The molecular formula is C19H16Cl2N2OS. The highest BCUT2D eigenvalue weighted by molar-refractivity contribution is 8.18. The van der Waals surface area contributed by atoms with Gasteiger partial charge in [-0.3, -0.25) is 4.79 Å². The molecule has 25 heavy (non-hydrogen) atoms. The van der Waals surface area contributed by atoms with Gasteiger partial charge in [0.15, 0.2) is 5.17 Å². The van der Waals surface area contributed by atoms with Crippen molar-refractivity contribution in [3.05, 3.63) is 68.5 Å². The van der Waals surface area contributed by atoms with E-state index in [0.29, 0.717) is 31.7 Å². The van der Waals surface area contributed by atoms with E-state index >= 15 is 0 Å². The normalized spacial score (nSPS) is 17.6. The van der Waals surface area contributed by atoms with E-state index in [0.717, 1.165) is 5.56 Å². The second kappa shape index (κ2) is 7.65. The molecule has 1 heterocycles. The third-order valence-corrected chi connectivity index (χ3v) is 5.42. The molecule has 128 valence electrons. The summed E-state index contributed by atoms with van der Waals surface area (Å²) in [7, 11) is 0. The van der Waals surface area contributed by atoms with Gasteiger partial charge in [-0.05, 0) is 47.0 Å². The number of amidine groups is 1. The smallest absolute Gasteiger partial charge is 0.264 e. The summed E-state index contributed by atoms with van der Waals surface area (Å²) >= 11 is 13.4. The highest BCUT2D eigenvalue weighted by atomic mass is 35.5. The van der Waals surface area contributed by atoms with Gasteiger partial charge in [-0.2, -0.15) is 0 Å². The van der Waals surface area contributed by atoms with Gasteiger partial charge in [0.2, 0.25) is 0 Å². The van der Waals surface area contributed by atoms with Gasteiger partial charge in [-0.1, -0.05) is 67.4 Å². The summed E-state index contributed by atoms with van der Waals surface area (Å²) in [6, 6.07) is 13.4. The van der Waals surface area contributed by atoms with Crippen LogP contribution in [0.2, 0.25) is 10.0 Å². The average Bonchev–Trinajstić information content (AvgIpc) is 2.92. The van der Waals surface area contributed by atoms with E-state index in [9.17, 15) is 4.79 Å². The second-order valence-corrected chi connectivity index (χ2v) is 7.69. The maximum atomic E-state index is 12.2. The fourth-order valence-corrected chi connectivity index (χ4v) is 3.47. The first-order valence-electron chi connectivity index (χ1n) is 7.77. The predicted molar refractivity (Wildman–Crippen MR) is 108 cm³/mol. The van der Waals surface area contributed by atoms with Crippen molar-refractivity contribution in [1.82, 2.24) is 5.32 Å². The summed E-state index contributed by atoms with van der Waals surface area (Å²) in [5.74, 6) is 0.307. The molecule has 6 heteroatoms. The first kappa shape index (κ1) is 18.1. The van der Waals surface area contributed by atoms with E-state index < -0.39 is 0 Å². The highest BCUT2D eigenvalue weighted by Crippen LogP contribution is 2.34. The molecule has 0 radical (unpaired) electrons. The first-order valence-corrected chi connectivity index (χ1v) is 9.35. The summed E-state index contributed by atoms with van der Waals surface area (Å²) < 4.78 is 0. The van der Waals surface area contributed by atoms with E-state index in [1.54, 1.807) is 18.2 Å². The SMILES string of the molecule is CC(C)c1ccc(/C=C2\SC(=Nc3cccc(Cl)c3Cl)NC2=O)cc1. The van der Waals surface area contributed by atoms with E-state index in [-0.39, 0.29) is 5.91 Å². The molecule has 1 aliphatic heterocycles. The van der Waals surface area contributed by atoms with E-state index in [1.165, 1.54) is 17.3 Å². The number of aliphatic imine (C=N–C) groups is 1. The van der Waals surface area contributed by atoms with Gasteiger partial charge in [0.1, 0.15) is 0 Å². The number of carbonyl (C=O) groups is 1. The summed E-state index contributed by atoms with van der Waals surface area (Å²) in [5, 5.41) is 4.04. The maximum absolute atomic E-state index is 12.2. The molecule has 1 aliphatic rings. The number of halogens is 2. The molecule has 0 atom stereocenters. The molecule has 0 aliphatic carbocycles. The Morgan fingerprint density at radius 2 is 1.84 bits per heavy atom. The van der Waals surface area contributed by atoms with Gasteiger partial charge in [-0.15, -0.1) is 0 Å². The van der Waals surface area contributed by atoms with Crippen LogP contribution in [0.1, 0.15) is 30.9 Å². The Morgan fingerprint density at radius 1 is 1.12 bits per heavy atom. The lowest BCUT2D eigenvalue weighted by molar-refractivity contribution is -0.115. The fraction of sp³-hybridized carbons (Fsp3) is 0.158. The number of hydrogen-bond acceptors (Lipinski definition) is 3. The summed E-state index contributed by atoms with van der Waals surface area (Å²) in [5.41, 5.74) is 2.77. The number of hydrogen-bond donors (Lipinski definition) is 1. The van der Waals surface area contributed by atoms with Gasteiger partial charge >= 0.3 is 0 Å². The summed E-state index contributed by atoms with van der Waals surface area (Å²) in [4.78, 5) is 17.1. The minimum Gasteiger partial charge on any atom is -0.300 e. The molecular weight excluding hydrogens is 375 g/mol. The van der Waals surface area contributed by atoms with Crippen LogP contribution in [-0.2, 0) is 4.79 Å². The Morgan fingerprint density at radius 3 is 2.52 bits per heavy atom. The third-order valence-electron chi connectivity index (χ3n) is 3.70. The predicted octanol–water partition coefficient (Wildman–Crippen LogP) is 6.01. The Labute approximate surface area is 161 Å². The number of benzene rings is 2. The third kappa shape index (κ3) is 4.27. The van der Waals surface area contributed by atoms with Crippen molar-refractivity contribution >= 4 is 57.8 Å². The highest BCUT2D eigenvalue weighted by Gasteiger charge is 2.24. The molecule has 1 saturated heterocycles. The largest absolute Gasteiger partial charge is 0.300 e. The van der Waals surface area contributed by atoms with Crippen LogP contribution in [-0.4, -0.2) is 11.1 Å². The van der Waals surface area contributed by atoms with Crippen molar-refractivity contribution in [3.8, 4) is 0 Å². The zero-order valence-electron chi connectivity index (χ0n) is 13.7. The van der Waals surface area contributed by atoms with Crippen LogP contribution < -0.4 is 5.32 Å². The van der Waals surface area contributed by atoms with Crippen LogP contribution in [0, 0.1) is 0 Å². The van der Waals surface area contributed by atoms with Crippen molar-refractivity contribution < 1.29 is 4.79 Å². The van der Waals surface area contributed by atoms with Gasteiger partial charge in [-0.25, -0.2) is 4.99 Å². The molecule has 0 bridgehead atoms. The van der Waals surface area contributed by atoms with Gasteiger partial charge in [0.25, 0.3) is 5.91 Å². The van der Waals surface area contributed by atoms with Crippen LogP contribution in [0.15, 0.2) is 52.4 Å². The van der Waals surface area contributed by atoms with Gasteiger partial charge in [0.05, 0.1) is 20.6 Å². The Kier molecular flexibility index (Phi) is 5.52. The zero-order valence-corrected chi connectivity index (χ0v) is 16.0. The number of rotatable bonds is 3. The molecule has 2 aromatic rings. The zero-order chi connectivity index (χ0) is 18.0. The first-order chi connectivity index (χ1) is 11.9. The molecule has 0 aromatic heterocycles. The molecule has 1 fully saturated rings. The summed E-state index contributed by atoms with van der Waals surface area (Å²) in [6.45, 7) is 4.30. The quantitative estimate of drug-likeness (QED) is 0.651. The second-order valence-electron chi connectivity index (χ2n) is 5.88. The van der Waals surface area contributed by atoms with Crippen LogP contribution in [0.3, 0.4) is 0 Å². The standard InChI is InChI=1S/C19H16Cl2N2OS/c1-11(2)13-8-6-12(7-9-13)10-16-18(24)23-19(25-16)22-15-5-3-4-14(20)17(15)21/h3-11H,1-2H3,(H,22,23,24)/b16-10-. The number of thioether (sulfide) groups is 1. The van der Waals surface area contributed by atoms with Gasteiger partial charge < -0.3 is 5.32 Å². The molecule has 3 nitrogen and oxygen atoms in total. The van der Waals surface area contributed by atoms with E-state index in [1.807, 2.05) is 18.2 Å². The minimum atomic E-state index is -0.171. The van der Waals surface area contributed by atoms with Gasteiger partial charge in [0, 0.05) is 0 Å². The van der Waals surface area contributed by atoms with E-state index in [2.05, 4.69) is 36.3 Å². The van der Waals surface area contributed by atoms with Crippen molar-refractivity contribution in [3.63, 3.8) is 0 Å². The van der Waals surface area contributed by atoms with Crippen molar-refractivity contribution in [1.29, 1.82) is 0 Å². The van der Waals surface area contributed by atoms with Crippen LogP contribution >= 0.6 is 35.0 Å². The molecule has 1 N–H and O–H groups in total. The number of nitrogens with zero attached hydrogens (tertiary/aromatic N) is 1. The lowest BCUT2D eigenvalue weighted by Crippen LogP contribution is -2.19.